The van der Waals surface area contributed by atoms with Crippen LogP contribution < -0.4 is 4.74 Å². The van der Waals surface area contributed by atoms with Crippen molar-refractivity contribution >= 4 is 10.0 Å². The Bertz CT molecular complexity index is 698. The molecule has 1 saturated carbocycles. The first-order chi connectivity index (χ1) is 13.5. The molecule has 1 saturated heterocycles. The molecule has 0 spiro atoms. The van der Waals surface area contributed by atoms with Gasteiger partial charge in [-0.3, -0.25) is 0 Å². The normalized spacial score (nSPS) is 21.0. The zero-order chi connectivity index (χ0) is 20.0. The van der Waals surface area contributed by atoms with E-state index in [4.69, 9.17) is 9.47 Å². The van der Waals surface area contributed by atoms with Gasteiger partial charge in [-0.05, 0) is 44.2 Å². The molecule has 1 aromatic carbocycles. The van der Waals surface area contributed by atoms with Crippen LogP contribution in [0.1, 0.15) is 32.1 Å². The predicted molar refractivity (Wildman–Crippen MR) is 107 cm³/mol. The maximum atomic E-state index is 12.6. The van der Waals surface area contributed by atoms with Crippen molar-refractivity contribution in [1.29, 1.82) is 0 Å². The average molecular weight is 413 g/mol. The van der Waals surface area contributed by atoms with Crippen LogP contribution in [0.15, 0.2) is 29.2 Å². The van der Waals surface area contributed by atoms with Crippen LogP contribution in [-0.2, 0) is 14.8 Å². The first kappa shape index (κ1) is 21.5. The number of hydrogen-bond donors (Lipinski definition) is 1. The van der Waals surface area contributed by atoms with Gasteiger partial charge in [0.25, 0.3) is 0 Å². The van der Waals surface area contributed by atoms with Crippen molar-refractivity contribution in [2.24, 2.45) is 0 Å². The highest BCUT2D eigenvalue weighted by Crippen LogP contribution is 2.22. The van der Waals surface area contributed by atoms with E-state index < -0.39 is 16.1 Å². The summed E-state index contributed by atoms with van der Waals surface area (Å²) in [6.07, 6.45) is 5.66. The van der Waals surface area contributed by atoms with Crippen molar-refractivity contribution in [3.05, 3.63) is 24.3 Å². The van der Waals surface area contributed by atoms with Gasteiger partial charge in [-0.15, -0.1) is 0 Å². The maximum absolute atomic E-state index is 12.6. The Kier molecular flexibility index (Phi) is 7.70. The highest BCUT2D eigenvalue weighted by molar-refractivity contribution is 7.89. The van der Waals surface area contributed by atoms with Crippen LogP contribution in [0, 0.1) is 0 Å². The van der Waals surface area contributed by atoms with Gasteiger partial charge in [0.2, 0.25) is 10.0 Å². The third-order valence-corrected chi connectivity index (χ3v) is 7.48. The van der Waals surface area contributed by atoms with Crippen LogP contribution in [0.5, 0.6) is 5.75 Å². The summed E-state index contributed by atoms with van der Waals surface area (Å²) in [4.78, 5) is 2.48. The van der Waals surface area contributed by atoms with Crippen molar-refractivity contribution in [2.75, 3.05) is 46.5 Å². The molecular formula is C20H32N2O5S. The Morgan fingerprint density at radius 1 is 1.18 bits per heavy atom. The molecule has 1 aliphatic heterocycles. The van der Waals surface area contributed by atoms with Gasteiger partial charge in [-0.25, -0.2) is 8.42 Å². The average Bonchev–Trinajstić information content (AvgIpc) is 2.74. The SMILES string of the molecule is CN(CC(O)COc1ccc(S(=O)(=O)N2CCOCC2)cc1)C1CCCCC1. The van der Waals surface area contributed by atoms with Crippen molar-refractivity contribution in [3.63, 3.8) is 0 Å². The highest BCUT2D eigenvalue weighted by Gasteiger charge is 2.26. The van der Waals surface area contributed by atoms with E-state index in [9.17, 15) is 13.5 Å². The largest absolute Gasteiger partial charge is 0.491 e. The Morgan fingerprint density at radius 2 is 1.82 bits per heavy atom. The second kappa shape index (κ2) is 10.0. The van der Waals surface area contributed by atoms with Gasteiger partial charge in [0, 0.05) is 25.7 Å². The van der Waals surface area contributed by atoms with Crippen molar-refractivity contribution in [1.82, 2.24) is 9.21 Å². The van der Waals surface area contributed by atoms with Crippen LogP contribution in [0.4, 0.5) is 0 Å². The van der Waals surface area contributed by atoms with E-state index >= 15 is 0 Å². The first-order valence-corrected chi connectivity index (χ1v) is 11.6. The second-order valence-electron chi connectivity index (χ2n) is 7.68. The minimum Gasteiger partial charge on any atom is -0.491 e. The molecular weight excluding hydrogens is 380 g/mol. The minimum absolute atomic E-state index is 0.187. The monoisotopic (exact) mass is 412 g/mol. The number of aliphatic hydroxyl groups is 1. The van der Waals surface area contributed by atoms with Crippen LogP contribution in [0.25, 0.3) is 0 Å². The van der Waals surface area contributed by atoms with Crippen LogP contribution in [0.2, 0.25) is 0 Å². The molecule has 1 atom stereocenters. The number of benzene rings is 1. The van der Waals surface area contributed by atoms with Crippen LogP contribution in [0.3, 0.4) is 0 Å². The highest BCUT2D eigenvalue weighted by atomic mass is 32.2. The van der Waals surface area contributed by atoms with E-state index in [0.717, 1.165) is 0 Å². The van der Waals surface area contributed by atoms with Gasteiger partial charge in [0.15, 0.2) is 0 Å². The number of aliphatic hydroxyl groups excluding tert-OH is 1. The smallest absolute Gasteiger partial charge is 0.243 e. The van der Waals surface area contributed by atoms with Crippen molar-refractivity contribution < 1.29 is 23.0 Å². The molecule has 1 unspecified atom stereocenters. The van der Waals surface area contributed by atoms with Gasteiger partial charge in [-0.1, -0.05) is 19.3 Å². The summed E-state index contributed by atoms with van der Waals surface area (Å²) in [5.74, 6) is 0.556. The van der Waals surface area contributed by atoms with E-state index in [2.05, 4.69) is 11.9 Å². The minimum atomic E-state index is -3.50. The molecule has 0 bridgehead atoms. The Labute approximate surface area is 168 Å². The van der Waals surface area contributed by atoms with Crippen molar-refractivity contribution in [3.8, 4) is 5.75 Å². The van der Waals surface area contributed by atoms with Gasteiger partial charge < -0.3 is 19.5 Å². The van der Waals surface area contributed by atoms with Crippen LogP contribution in [-0.4, -0.2) is 81.4 Å². The lowest BCUT2D eigenvalue weighted by Crippen LogP contribution is -2.40. The van der Waals surface area contributed by atoms with E-state index in [1.807, 2.05) is 0 Å². The van der Waals surface area contributed by atoms with Gasteiger partial charge in [0.05, 0.1) is 18.1 Å². The summed E-state index contributed by atoms with van der Waals surface area (Å²) in [5.41, 5.74) is 0. The lowest BCUT2D eigenvalue weighted by Gasteiger charge is -2.32. The summed E-state index contributed by atoms with van der Waals surface area (Å²) >= 11 is 0. The molecule has 28 heavy (non-hydrogen) atoms. The summed E-state index contributed by atoms with van der Waals surface area (Å²) in [7, 11) is -1.44. The summed E-state index contributed by atoms with van der Waals surface area (Å²) in [5, 5.41) is 10.3. The lowest BCUT2D eigenvalue weighted by molar-refractivity contribution is 0.0561. The molecule has 158 valence electrons. The molecule has 2 fully saturated rings. The maximum Gasteiger partial charge on any atom is 0.243 e. The number of sulfonamides is 1. The molecule has 0 amide bonds. The molecule has 1 aliphatic carbocycles. The summed E-state index contributed by atoms with van der Waals surface area (Å²) in [6, 6.07) is 6.95. The molecule has 8 heteroatoms. The van der Waals surface area contributed by atoms with E-state index in [1.54, 1.807) is 24.3 Å². The van der Waals surface area contributed by atoms with Crippen molar-refractivity contribution in [2.45, 2.75) is 49.1 Å². The Hall–Kier alpha value is -1.19. The topological polar surface area (TPSA) is 79.3 Å². The Balaban J connectivity index is 1.48. The van der Waals surface area contributed by atoms with Crippen LogP contribution >= 0.6 is 0 Å². The summed E-state index contributed by atoms with van der Waals surface area (Å²) < 4.78 is 37.6. The van der Waals surface area contributed by atoms with E-state index in [0.29, 0.717) is 44.6 Å². The van der Waals surface area contributed by atoms with Gasteiger partial charge in [0.1, 0.15) is 18.5 Å². The number of nitrogens with zero attached hydrogens (tertiary/aromatic N) is 2. The molecule has 0 radical (unpaired) electrons. The molecule has 0 aromatic heterocycles. The molecule has 3 rings (SSSR count). The first-order valence-electron chi connectivity index (χ1n) is 10.2. The molecule has 2 aliphatic rings. The number of rotatable bonds is 8. The Morgan fingerprint density at radius 3 is 2.46 bits per heavy atom. The fraction of sp³-hybridized carbons (Fsp3) is 0.700. The standard InChI is InChI=1S/C20H32N2O5S/c1-21(17-5-3-2-4-6-17)15-18(23)16-27-19-7-9-20(10-8-19)28(24,25)22-11-13-26-14-12-22/h7-10,17-18,23H,2-6,11-16H2,1H3. The van der Waals surface area contributed by atoms with E-state index in [-0.39, 0.29) is 11.5 Å². The predicted octanol–water partition coefficient (Wildman–Crippen LogP) is 1.71. The number of hydrogen-bond acceptors (Lipinski definition) is 6. The molecule has 1 heterocycles. The van der Waals surface area contributed by atoms with Gasteiger partial charge >= 0.3 is 0 Å². The number of likely N-dealkylation sites (N-methyl/N-ethyl adjacent to an activating group) is 1. The third kappa shape index (κ3) is 5.67. The molecule has 1 N–H and O–H groups in total. The number of ether oxygens (including phenoxy) is 2. The number of morpholine rings is 1. The third-order valence-electron chi connectivity index (χ3n) is 5.57. The quantitative estimate of drug-likeness (QED) is 0.700. The second-order valence-corrected chi connectivity index (χ2v) is 9.62. The zero-order valence-corrected chi connectivity index (χ0v) is 17.4. The van der Waals surface area contributed by atoms with E-state index in [1.165, 1.54) is 36.4 Å². The zero-order valence-electron chi connectivity index (χ0n) is 16.6. The summed E-state index contributed by atoms with van der Waals surface area (Å²) in [6.45, 7) is 2.37. The molecule has 1 aromatic rings. The fourth-order valence-corrected chi connectivity index (χ4v) is 5.30. The fourth-order valence-electron chi connectivity index (χ4n) is 3.89. The lowest BCUT2D eigenvalue weighted by atomic mass is 9.94. The molecule has 7 nitrogen and oxygen atoms in total. The van der Waals surface area contributed by atoms with Gasteiger partial charge in [-0.2, -0.15) is 4.31 Å².